The molecule has 0 aromatic rings. The van der Waals surface area contributed by atoms with E-state index in [1.54, 1.807) is 0 Å². The number of fused-ring (bicyclic) bond motifs is 1. The lowest BCUT2D eigenvalue weighted by Gasteiger charge is -2.39. The molecule has 2 bridgehead atoms. The highest BCUT2D eigenvalue weighted by molar-refractivity contribution is 6.07. The second kappa shape index (κ2) is 5.22. The molecule has 2 atom stereocenters. The van der Waals surface area contributed by atoms with Gasteiger partial charge in [-0.05, 0) is 56.8 Å². The highest BCUT2D eigenvalue weighted by Crippen LogP contribution is 2.48. The molecule has 1 aliphatic heterocycles. The second-order valence-electron chi connectivity index (χ2n) is 7.36. The zero-order valence-electron chi connectivity index (χ0n) is 14.7. The summed E-state index contributed by atoms with van der Waals surface area (Å²) in [6, 6.07) is 0. The zero-order valence-corrected chi connectivity index (χ0v) is 14.7. The van der Waals surface area contributed by atoms with Gasteiger partial charge in [-0.3, -0.25) is 4.79 Å². The summed E-state index contributed by atoms with van der Waals surface area (Å²) in [7, 11) is 0. The van der Waals surface area contributed by atoms with Gasteiger partial charge in [0.2, 0.25) is 0 Å². The topological polar surface area (TPSA) is 43.4 Å². The van der Waals surface area contributed by atoms with Crippen molar-refractivity contribution in [2.75, 3.05) is 0 Å². The Bertz CT molecular complexity index is 631. The molecule has 2 rings (SSSR count). The van der Waals surface area contributed by atoms with Gasteiger partial charge in [-0.1, -0.05) is 32.9 Å². The van der Waals surface area contributed by atoms with E-state index >= 15 is 0 Å². The molecule has 0 amide bonds. The molecule has 0 unspecified atom stereocenters. The molecule has 0 saturated carbocycles. The van der Waals surface area contributed by atoms with E-state index in [1.165, 1.54) is 0 Å². The lowest BCUT2D eigenvalue weighted by molar-refractivity contribution is -0.152. The number of carbonyl (C=O) groups excluding carboxylic acids is 2. The number of allylic oxidation sites excluding steroid dienone is 3. The van der Waals surface area contributed by atoms with Crippen LogP contribution in [0.4, 0.5) is 0 Å². The lowest BCUT2D eigenvalue weighted by Crippen LogP contribution is -2.42. The summed E-state index contributed by atoms with van der Waals surface area (Å²) in [6.45, 7) is 13.7. The van der Waals surface area contributed by atoms with Gasteiger partial charge in [-0.25, -0.2) is 4.79 Å². The molecule has 0 saturated heterocycles. The normalized spacial score (nSPS) is 37.0. The van der Waals surface area contributed by atoms with Gasteiger partial charge < -0.3 is 4.74 Å². The predicted octanol–water partition coefficient (Wildman–Crippen LogP) is 4.15. The molecule has 0 radical (unpaired) electrons. The van der Waals surface area contributed by atoms with Crippen molar-refractivity contribution in [3.63, 3.8) is 0 Å². The van der Waals surface area contributed by atoms with E-state index in [4.69, 9.17) is 4.74 Å². The summed E-state index contributed by atoms with van der Waals surface area (Å²) < 4.78 is 5.80. The van der Waals surface area contributed by atoms with Crippen LogP contribution in [-0.4, -0.2) is 17.4 Å². The quantitative estimate of drug-likeness (QED) is 0.631. The van der Waals surface area contributed by atoms with Crippen molar-refractivity contribution in [2.24, 2.45) is 11.3 Å². The number of hydrogen-bond acceptors (Lipinski definition) is 3. The van der Waals surface area contributed by atoms with E-state index in [0.717, 1.165) is 16.7 Å². The Morgan fingerprint density at radius 1 is 1.09 bits per heavy atom. The molecule has 0 N–H and O–H groups in total. The van der Waals surface area contributed by atoms with Gasteiger partial charge in [0.1, 0.15) is 5.60 Å². The van der Waals surface area contributed by atoms with Gasteiger partial charge in [-0.15, -0.1) is 0 Å². The van der Waals surface area contributed by atoms with Crippen molar-refractivity contribution >= 4 is 11.8 Å². The molecule has 1 heterocycles. The first-order valence-corrected chi connectivity index (χ1v) is 7.87. The van der Waals surface area contributed by atoms with Crippen molar-refractivity contribution < 1.29 is 14.3 Å². The number of hydrogen-bond donors (Lipinski definition) is 0. The van der Waals surface area contributed by atoms with Gasteiger partial charge in [0.25, 0.3) is 0 Å². The van der Waals surface area contributed by atoms with E-state index in [9.17, 15) is 9.59 Å². The maximum Gasteiger partial charge on any atom is 0.335 e. The first-order valence-electron chi connectivity index (χ1n) is 7.87. The summed E-state index contributed by atoms with van der Waals surface area (Å²) >= 11 is 0. The smallest absolute Gasteiger partial charge is 0.335 e. The van der Waals surface area contributed by atoms with Crippen LogP contribution in [0.2, 0.25) is 0 Å². The minimum atomic E-state index is -0.715. The van der Waals surface area contributed by atoms with Crippen LogP contribution in [0.5, 0.6) is 0 Å². The summed E-state index contributed by atoms with van der Waals surface area (Å²) in [4.78, 5) is 24.9. The fourth-order valence-electron chi connectivity index (χ4n) is 3.53. The Labute approximate surface area is 133 Å². The van der Waals surface area contributed by atoms with Crippen LogP contribution >= 0.6 is 0 Å². The third-order valence-corrected chi connectivity index (χ3v) is 5.43. The van der Waals surface area contributed by atoms with Crippen molar-refractivity contribution in [1.29, 1.82) is 0 Å². The molecule has 1 aliphatic carbocycles. The number of ketones is 1. The van der Waals surface area contributed by atoms with E-state index in [-0.39, 0.29) is 17.7 Å². The number of rotatable bonds is 0. The summed E-state index contributed by atoms with van der Waals surface area (Å²) in [5.74, 6) is -0.105. The molecule has 3 nitrogen and oxygen atoms in total. The first kappa shape index (κ1) is 16.7. The fraction of sp³-hybridized carbons (Fsp3) is 0.579. The maximum absolute atomic E-state index is 12.5. The van der Waals surface area contributed by atoms with Gasteiger partial charge in [0.05, 0.1) is 0 Å². The number of carbonyl (C=O) groups is 2. The number of Topliss-reactive ketones (excluding diaryl/α,β-unsaturated/α-hetero) is 1. The SMILES string of the molecule is CC1=C2C(=O)O[C@@]1(C)C(C)(C)/C=C(/C)C(=O)/C(C)=C\C[C@H]2C. The first-order chi connectivity index (χ1) is 10.0. The molecule has 0 aromatic carbocycles. The largest absolute Gasteiger partial charge is 0.451 e. The van der Waals surface area contributed by atoms with Crippen LogP contribution in [0.15, 0.2) is 34.4 Å². The summed E-state index contributed by atoms with van der Waals surface area (Å²) in [5, 5.41) is 0. The summed E-state index contributed by atoms with van der Waals surface area (Å²) in [5.41, 5.74) is 2.02. The van der Waals surface area contributed by atoms with E-state index in [0.29, 0.717) is 12.0 Å². The Kier molecular flexibility index (Phi) is 3.97. The molecule has 22 heavy (non-hydrogen) atoms. The molecule has 0 spiro atoms. The Balaban J connectivity index is 2.70. The molecule has 0 aromatic heterocycles. The fourth-order valence-corrected chi connectivity index (χ4v) is 3.53. The van der Waals surface area contributed by atoms with E-state index in [1.807, 2.05) is 60.6 Å². The molecular weight excluding hydrogens is 276 g/mol. The minimum absolute atomic E-state index is 0.0475. The number of esters is 1. The summed E-state index contributed by atoms with van der Waals surface area (Å²) in [6.07, 6.45) is 4.55. The molecule has 0 fully saturated rings. The highest BCUT2D eigenvalue weighted by Gasteiger charge is 2.51. The minimum Gasteiger partial charge on any atom is -0.451 e. The zero-order chi connectivity index (χ0) is 16.9. The van der Waals surface area contributed by atoms with Crippen molar-refractivity contribution in [2.45, 2.75) is 60.5 Å². The van der Waals surface area contributed by atoms with Gasteiger partial charge >= 0.3 is 5.97 Å². The highest BCUT2D eigenvalue weighted by atomic mass is 16.6. The average molecular weight is 302 g/mol. The predicted molar refractivity (Wildman–Crippen MR) is 87.3 cm³/mol. The second-order valence-corrected chi connectivity index (χ2v) is 7.36. The van der Waals surface area contributed by atoms with Crippen molar-refractivity contribution in [3.8, 4) is 0 Å². The van der Waals surface area contributed by atoms with Gasteiger partial charge in [0, 0.05) is 11.0 Å². The van der Waals surface area contributed by atoms with Crippen LogP contribution in [0.3, 0.4) is 0 Å². The average Bonchev–Trinajstić information content (AvgIpc) is 2.65. The van der Waals surface area contributed by atoms with Crippen LogP contribution in [0.1, 0.15) is 54.9 Å². The van der Waals surface area contributed by atoms with Crippen LogP contribution < -0.4 is 0 Å². The Morgan fingerprint density at radius 2 is 1.68 bits per heavy atom. The van der Waals surface area contributed by atoms with Crippen molar-refractivity contribution in [3.05, 3.63) is 34.4 Å². The molecule has 3 heteroatoms. The van der Waals surface area contributed by atoms with E-state index < -0.39 is 11.0 Å². The van der Waals surface area contributed by atoms with Gasteiger partial charge in [-0.2, -0.15) is 0 Å². The monoisotopic (exact) mass is 302 g/mol. The van der Waals surface area contributed by atoms with E-state index in [2.05, 4.69) is 0 Å². The van der Waals surface area contributed by atoms with Crippen LogP contribution in [0.25, 0.3) is 0 Å². The molecule has 2 aliphatic rings. The molecule has 120 valence electrons. The third kappa shape index (κ3) is 2.37. The van der Waals surface area contributed by atoms with Gasteiger partial charge in [0.15, 0.2) is 5.78 Å². The maximum atomic E-state index is 12.5. The number of ether oxygens (including phenoxy) is 1. The van der Waals surface area contributed by atoms with Crippen molar-refractivity contribution in [1.82, 2.24) is 0 Å². The Morgan fingerprint density at radius 3 is 2.27 bits per heavy atom. The molecular formula is C19H26O3. The lowest BCUT2D eigenvalue weighted by atomic mass is 9.70. The standard InChI is InChI=1S/C19H26O3/c1-11-8-9-12(2)16(20)13(3)10-18(5,6)19(7)14(4)15(11)17(21)22-19/h9-11H,8H2,1-7H3/b12-9-,13-10-/t11-,19-/m1/s1. The Hall–Kier alpha value is -1.64. The van der Waals surface area contributed by atoms with Crippen LogP contribution in [0, 0.1) is 11.3 Å². The third-order valence-electron chi connectivity index (χ3n) is 5.43. The van der Waals surface area contributed by atoms with Crippen LogP contribution in [-0.2, 0) is 14.3 Å².